The first kappa shape index (κ1) is 10.7. The van der Waals surface area contributed by atoms with Crippen LogP contribution in [0.1, 0.15) is 9.67 Å². The molecule has 0 saturated carbocycles. The molecule has 1 aromatic heterocycles. The number of aliphatic carboxylic acids is 1. The van der Waals surface area contributed by atoms with Crippen LogP contribution >= 0.6 is 11.3 Å². The Morgan fingerprint density at radius 1 is 1.64 bits per heavy atom. The number of rotatable bonds is 4. The van der Waals surface area contributed by atoms with Crippen LogP contribution in [0, 0.1) is 0 Å². The molecule has 5 nitrogen and oxygen atoms in total. The van der Waals surface area contributed by atoms with E-state index >= 15 is 0 Å². The highest BCUT2D eigenvalue weighted by Crippen LogP contribution is 2.07. The van der Waals surface area contributed by atoms with Gasteiger partial charge in [0.2, 0.25) is 0 Å². The van der Waals surface area contributed by atoms with Crippen LogP contribution < -0.4 is 11.1 Å². The lowest BCUT2D eigenvalue weighted by Gasteiger charge is -2.06. The molecule has 4 N–H and O–H groups in total. The second-order valence-corrected chi connectivity index (χ2v) is 3.58. The van der Waals surface area contributed by atoms with E-state index in [0.717, 1.165) is 0 Å². The zero-order chi connectivity index (χ0) is 10.6. The minimum absolute atomic E-state index is 0.0634. The van der Waals surface area contributed by atoms with Crippen molar-refractivity contribution in [3.05, 3.63) is 22.4 Å². The molecule has 0 aromatic carbocycles. The summed E-state index contributed by atoms with van der Waals surface area (Å²) in [6.45, 7) is -0.0634. The quantitative estimate of drug-likeness (QED) is 0.652. The first-order chi connectivity index (χ1) is 6.61. The van der Waals surface area contributed by atoms with E-state index in [1.54, 1.807) is 17.5 Å². The topological polar surface area (TPSA) is 92.4 Å². The second-order valence-electron chi connectivity index (χ2n) is 2.63. The fourth-order valence-electron chi connectivity index (χ4n) is 0.785. The number of carboxylic acid groups (broad SMARTS) is 1. The van der Waals surface area contributed by atoms with Crippen molar-refractivity contribution in [2.45, 2.75) is 6.04 Å². The summed E-state index contributed by atoms with van der Waals surface area (Å²) < 4.78 is 0. The van der Waals surface area contributed by atoms with Gasteiger partial charge in [-0.25, -0.2) is 0 Å². The minimum Gasteiger partial charge on any atom is -0.480 e. The molecule has 0 fully saturated rings. The van der Waals surface area contributed by atoms with Crippen molar-refractivity contribution in [2.24, 2.45) is 5.73 Å². The molecule has 0 bridgehead atoms. The van der Waals surface area contributed by atoms with Gasteiger partial charge in [-0.1, -0.05) is 6.07 Å². The van der Waals surface area contributed by atoms with Gasteiger partial charge in [0.15, 0.2) is 0 Å². The maximum Gasteiger partial charge on any atom is 0.322 e. The fourth-order valence-corrected chi connectivity index (χ4v) is 1.42. The van der Waals surface area contributed by atoms with E-state index in [1.807, 2.05) is 0 Å². The van der Waals surface area contributed by atoms with Crippen LogP contribution in [0.2, 0.25) is 0 Å². The van der Waals surface area contributed by atoms with E-state index in [2.05, 4.69) is 5.32 Å². The first-order valence-electron chi connectivity index (χ1n) is 3.91. The Balaban J connectivity index is 2.40. The van der Waals surface area contributed by atoms with E-state index in [0.29, 0.717) is 4.88 Å². The lowest BCUT2D eigenvalue weighted by Crippen LogP contribution is -2.42. The Bertz CT molecular complexity index is 323. The number of thiophene rings is 1. The van der Waals surface area contributed by atoms with Crippen LogP contribution in [0.3, 0.4) is 0 Å². The Morgan fingerprint density at radius 2 is 2.36 bits per heavy atom. The van der Waals surface area contributed by atoms with Crippen LogP contribution in [0.4, 0.5) is 0 Å². The van der Waals surface area contributed by atoms with Crippen molar-refractivity contribution >= 4 is 23.2 Å². The van der Waals surface area contributed by atoms with Crippen LogP contribution in [0.15, 0.2) is 17.5 Å². The number of carboxylic acids is 1. The number of carbonyl (C=O) groups excluding carboxylic acids is 1. The zero-order valence-corrected chi connectivity index (χ0v) is 8.08. The van der Waals surface area contributed by atoms with Gasteiger partial charge in [0, 0.05) is 6.54 Å². The van der Waals surface area contributed by atoms with Crippen LogP contribution in [0.25, 0.3) is 0 Å². The number of hydrogen-bond acceptors (Lipinski definition) is 4. The molecule has 0 saturated heterocycles. The van der Waals surface area contributed by atoms with Gasteiger partial charge in [-0.05, 0) is 11.4 Å². The molecule has 14 heavy (non-hydrogen) atoms. The SMILES string of the molecule is N[C@@H](CNC(=O)c1cccs1)C(=O)O. The van der Waals surface area contributed by atoms with Gasteiger partial charge < -0.3 is 16.2 Å². The van der Waals surface area contributed by atoms with Gasteiger partial charge in [-0.2, -0.15) is 0 Å². The highest BCUT2D eigenvalue weighted by molar-refractivity contribution is 7.12. The first-order valence-corrected chi connectivity index (χ1v) is 4.79. The fraction of sp³-hybridized carbons (Fsp3) is 0.250. The Hall–Kier alpha value is -1.40. The molecule has 1 atom stereocenters. The summed E-state index contributed by atoms with van der Waals surface area (Å²) in [6, 6.07) is 2.35. The third-order valence-electron chi connectivity index (χ3n) is 1.54. The van der Waals surface area contributed by atoms with Crippen molar-refractivity contribution in [1.82, 2.24) is 5.32 Å². The average molecular weight is 214 g/mol. The molecule has 0 spiro atoms. The Labute approximate surface area is 84.5 Å². The summed E-state index contributed by atoms with van der Waals surface area (Å²) >= 11 is 1.29. The largest absolute Gasteiger partial charge is 0.480 e. The van der Waals surface area contributed by atoms with Crippen molar-refractivity contribution in [3.8, 4) is 0 Å². The maximum absolute atomic E-state index is 11.3. The minimum atomic E-state index is -1.13. The third kappa shape index (κ3) is 2.82. The van der Waals surface area contributed by atoms with E-state index in [9.17, 15) is 9.59 Å². The number of carbonyl (C=O) groups is 2. The van der Waals surface area contributed by atoms with Crippen molar-refractivity contribution < 1.29 is 14.7 Å². The van der Waals surface area contributed by atoms with Gasteiger partial charge in [0.05, 0.1) is 4.88 Å². The van der Waals surface area contributed by atoms with Crippen LogP contribution in [0.5, 0.6) is 0 Å². The lowest BCUT2D eigenvalue weighted by atomic mass is 10.3. The van der Waals surface area contributed by atoms with E-state index in [-0.39, 0.29) is 12.5 Å². The van der Waals surface area contributed by atoms with Crippen molar-refractivity contribution in [3.63, 3.8) is 0 Å². The molecular formula is C8H10N2O3S. The summed E-state index contributed by atoms with van der Waals surface area (Å²) in [5.41, 5.74) is 5.21. The van der Waals surface area contributed by atoms with E-state index in [1.165, 1.54) is 11.3 Å². The number of hydrogen-bond donors (Lipinski definition) is 3. The highest BCUT2D eigenvalue weighted by atomic mass is 32.1. The standard InChI is InChI=1S/C8H10N2O3S/c9-5(8(12)13)4-10-7(11)6-2-1-3-14-6/h1-3,5H,4,9H2,(H,10,11)(H,12,13)/t5-/m0/s1. The van der Waals surface area contributed by atoms with Gasteiger partial charge >= 0.3 is 5.97 Å². The number of amides is 1. The van der Waals surface area contributed by atoms with Gasteiger partial charge in [0.1, 0.15) is 6.04 Å². The summed E-state index contributed by atoms with van der Waals surface area (Å²) in [4.78, 5) is 22.2. The molecule has 0 unspecified atom stereocenters. The van der Waals surface area contributed by atoms with E-state index < -0.39 is 12.0 Å². The molecule has 6 heteroatoms. The molecule has 0 aliphatic heterocycles. The van der Waals surface area contributed by atoms with Gasteiger partial charge in [0.25, 0.3) is 5.91 Å². The summed E-state index contributed by atoms with van der Waals surface area (Å²) in [6.07, 6.45) is 0. The second kappa shape index (κ2) is 4.73. The van der Waals surface area contributed by atoms with E-state index in [4.69, 9.17) is 10.8 Å². The summed E-state index contributed by atoms with van der Waals surface area (Å²) in [5.74, 6) is -1.42. The van der Waals surface area contributed by atoms with Gasteiger partial charge in [-0.3, -0.25) is 9.59 Å². The summed E-state index contributed by atoms with van der Waals surface area (Å²) in [5, 5.41) is 12.7. The molecule has 1 amide bonds. The molecule has 0 aliphatic rings. The maximum atomic E-state index is 11.3. The molecule has 76 valence electrons. The Morgan fingerprint density at radius 3 is 2.86 bits per heavy atom. The normalized spacial score (nSPS) is 12.1. The lowest BCUT2D eigenvalue weighted by molar-refractivity contribution is -0.138. The monoisotopic (exact) mass is 214 g/mol. The molecule has 1 heterocycles. The Kier molecular flexibility index (Phi) is 3.61. The number of nitrogens with one attached hydrogen (secondary N) is 1. The van der Waals surface area contributed by atoms with Crippen LogP contribution in [-0.4, -0.2) is 29.6 Å². The van der Waals surface area contributed by atoms with Crippen molar-refractivity contribution in [1.29, 1.82) is 0 Å². The predicted octanol–water partition coefficient (Wildman–Crippen LogP) is -0.110. The third-order valence-corrected chi connectivity index (χ3v) is 2.41. The molecular weight excluding hydrogens is 204 g/mol. The zero-order valence-electron chi connectivity index (χ0n) is 7.27. The molecule has 1 aromatic rings. The summed E-state index contributed by atoms with van der Waals surface area (Å²) in [7, 11) is 0. The number of nitrogens with two attached hydrogens (primary N) is 1. The van der Waals surface area contributed by atoms with Gasteiger partial charge in [-0.15, -0.1) is 11.3 Å². The highest BCUT2D eigenvalue weighted by Gasteiger charge is 2.13. The van der Waals surface area contributed by atoms with Crippen molar-refractivity contribution in [2.75, 3.05) is 6.54 Å². The molecule has 0 aliphatic carbocycles. The molecule has 1 rings (SSSR count). The molecule has 0 radical (unpaired) electrons. The van der Waals surface area contributed by atoms with Crippen LogP contribution in [-0.2, 0) is 4.79 Å². The average Bonchev–Trinajstić information content (AvgIpc) is 2.66. The smallest absolute Gasteiger partial charge is 0.322 e. The predicted molar refractivity (Wildman–Crippen MR) is 52.3 cm³/mol.